The van der Waals surface area contributed by atoms with Crippen LogP contribution in [0.25, 0.3) is 10.9 Å². The first kappa shape index (κ1) is 12.9. The molecule has 0 amide bonds. The van der Waals surface area contributed by atoms with Gasteiger partial charge >= 0.3 is 0 Å². The van der Waals surface area contributed by atoms with Crippen LogP contribution in [-0.2, 0) is 5.75 Å². The van der Waals surface area contributed by atoms with Gasteiger partial charge in [-0.15, -0.1) is 5.10 Å². The predicted octanol–water partition coefficient (Wildman–Crippen LogP) is 1.57. The minimum Gasteiger partial charge on any atom is -0.368 e. The number of halogens is 1. The van der Waals surface area contributed by atoms with E-state index in [1.807, 2.05) is 0 Å². The summed E-state index contributed by atoms with van der Waals surface area (Å²) in [5, 5.41) is 7.90. The Hall–Kier alpha value is -2.06. The number of nitrogens with one attached hydrogen (secondary N) is 2. The van der Waals surface area contributed by atoms with Crippen molar-refractivity contribution >= 4 is 40.2 Å². The van der Waals surface area contributed by atoms with Gasteiger partial charge in [-0.05, 0) is 18.2 Å². The molecule has 0 aliphatic carbocycles. The molecule has 0 aliphatic heterocycles. The van der Waals surface area contributed by atoms with E-state index in [1.54, 1.807) is 18.2 Å². The van der Waals surface area contributed by atoms with Crippen LogP contribution in [-0.4, -0.2) is 25.1 Å². The Labute approximate surface area is 122 Å². The summed E-state index contributed by atoms with van der Waals surface area (Å²) in [5.74, 6) is 1.23. The number of aromatic nitrogens is 5. The van der Waals surface area contributed by atoms with Gasteiger partial charge in [0.05, 0.1) is 16.7 Å². The fraction of sp³-hybridized carbons (Fsp3) is 0.0909. The molecule has 0 saturated heterocycles. The number of aromatic amines is 2. The van der Waals surface area contributed by atoms with Crippen LogP contribution in [0, 0.1) is 0 Å². The Morgan fingerprint density at radius 1 is 1.35 bits per heavy atom. The van der Waals surface area contributed by atoms with Gasteiger partial charge in [-0.2, -0.15) is 4.98 Å². The first-order chi connectivity index (χ1) is 9.61. The quantitative estimate of drug-likeness (QED) is 0.633. The Morgan fingerprint density at radius 3 is 2.95 bits per heavy atom. The molecule has 0 bridgehead atoms. The van der Waals surface area contributed by atoms with Crippen molar-refractivity contribution < 1.29 is 0 Å². The van der Waals surface area contributed by atoms with E-state index in [0.29, 0.717) is 32.7 Å². The first-order valence-corrected chi connectivity index (χ1v) is 6.97. The maximum absolute atomic E-state index is 11.9. The molecule has 0 fully saturated rings. The minimum atomic E-state index is -0.220. The van der Waals surface area contributed by atoms with Crippen LogP contribution >= 0.6 is 23.4 Å². The van der Waals surface area contributed by atoms with Crippen molar-refractivity contribution in [2.45, 2.75) is 10.9 Å². The van der Waals surface area contributed by atoms with Crippen LogP contribution in [0.4, 0.5) is 5.95 Å². The number of nitrogens with zero attached hydrogens (tertiary/aromatic N) is 3. The lowest BCUT2D eigenvalue weighted by atomic mass is 10.2. The van der Waals surface area contributed by atoms with E-state index >= 15 is 0 Å². The number of hydrogen-bond acceptors (Lipinski definition) is 6. The van der Waals surface area contributed by atoms with Crippen molar-refractivity contribution in [1.29, 1.82) is 0 Å². The average molecular weight is 309 g/mol. The molecule has 0 spiro atoms. The van der Waals surface area contributed by atoms with Crippen molar-refractivity contribution in [3.8, 4) is 0 Å². The number of H-pyrrole nitrogens is 2. The summed E-state index contributed by atoms with van der Waals surface area (Å²) in [5.41, 5.74) is 5.81. The van der Waals surface area contributed by atoms with Crippen molar-refractivity contribution in [2.75, 3.05) is 5.73 Å². The van der Waals surface area contributed by atoms with Crippen LogP contribution in [0.1, 0.15) is 5.82 Å². The minimum absolute atomic E-state index is 0.220. The highest BCUT2D eigenvalue weighted by Gasteiger charge is 2.07. The number of thioether (sulfide) groups is 1. The summed E-state index contributed by atoms with van der Waals surface area (Å²) in [6.07, 6.45) is 0. The van der Waals surface area contributed by atoms with Crippen molar-refractivity contribution in [3.63, 3.8) is 0 Å². The molecule has 7 nitrogen and oxygen atoms in total. The van der Waals surface area contributed by atoms with Crippen molar-refractivity contribution in [1.82, 2.24) is 25.1 Å². The number of hydrogen-bond donors (Lipinski definition) is 3. The van der Waals surface area contributed by atoms with Gasteiger partial charge in [0.2, 0.25) is 11.1 Å². The molecule has 20 heavy (non-hydrogen) atoms. The summed E-state index contributed by atoms with van der Waals surface area (Å²) in [6, 6.07) is 5.00. The highest BCUT2D eigenvalue weighted by Crippen LogP contribution is 2.19. The van der Waals surface area contributed by atoms with E-state index in [-0.39, 0.29) is 11.5 Å². The number of anilines is 1. The van der Waals surface area contributed by atoms with Gasteiger partial charge in [0.15, 0.2) is 0 Å². The number of nitrogens with two attached hydrogens (primary N) is 1. The number of fused-ring (bicyclic) bond motifs is 1. The summed E-state index contributed by atoms with van der Waals surface area (Å²) in [4.78, 5) is 23.0. The van der Waals surface area contributed by atoms with Crippen LogP contribution in [0.5, 0.6) is 0 Å². The Kier molecular flexibility index (Phi) is 3.33. The molecule has 9 heteroatoms. The van der Waals surface area contributed by atoms with E-state index in [0.717, 1.165) is 0 Å². The molecule has 1 aromatic carbocycles. The van der Waals surface area contributed by atoms with Crippen LogP contribution in [0.3, 0.4) is 0 Å². The molecular weight excluding hydrogens is 300 g/mol. The zero-order chi connectivity index (χ0) is 14.1. The van der Waals surface area contributed by atoms with Gasteiger partial charge in [0.25, 0.3) is 5.56 Å². The third kappa shape index (κ3) is 2.61. The molecule has 2 heterocycles. The summed E-state index contributed by atoms with van der Waals surface area (Å²) in [6.45, 7) is 0. The number of benzene rings is 1. The summed E-state index contributed by atoms with van der Waals surface area (Å²) in [7, 11) is 0. The Balaban J connectivity index is 1.89. The highest BCUT2D eigenvalue weighted by atomic mass is 35.5. The Morgan fingerprint density at radius 2 is 2.20 bits per heavy atom. The monoisotopic (exact) mass is 308 g/mol. The average Bonchev–Trinajstić information content (AvgIpc) is 2.83. The number of nitrogen functional groups attached to an aromatic ring is 1. The van der Waals surface area contributed by atoms with E-state index < -0.39 is 0 Å². The molecule has 0 atom stereocenters. The lowest BCUT2D eigenvalue weighted by molar-refractivity contribution is 0.966. The molecule has 102 valence electrons. The van der Waals surface area contributed by atoms with Gasteiger partial charge in [0, 0.05) is 5.02 Å². The van der Waals surface area contributed by atoms with Crippen LogP contribution in [0.2, 0.25) is 5.02 Å². The van der Waals surface area contributed by atoms with Gasteiger partial charge < -0.3 is 10.7 Å². The maximum Gasteiger partial charge on any atom is 0.258 e. The standard InChI is InChI=1S/C11H9ClN6OS/c12-5-1-2-7-6(3-5)9(19)15-8(14-7)4-20-11-16-10(13)17-18-11/h1-3H,4H2,(H,14,15,19)(H3,13,16,17,18). The molecule has 3 rings (SSSR count). The molecule has 0 aliphatic rings. The second kappa shape index (κ2) is 5.14. The van der Waals surface area contributed by atoms with Gasteiger partial charge in [-0.3, -0.25) is 4.79 Å². The van der Waals surface area contributed by atoms with Gasteiger partial charge in [-0.25, -0.2) is 10.1 Å². The molecule has 3 aromatic rings. The van der Waals surface area contributed by atoms with Crippen LogP contribution < -0.4 is 11.3 Å². The van der Waals surface area contributed by atoms with Crippen molar-refractivity contribution in [3.05, 3.63) is 39.4 Å². The molecule has 0 saturated carbocycles. The maximum atomic E-state index is 11.9. The van der Waals surface area contributed by atoms with Crippen molar-refractivity contribution in [2.24, 2.45) is 0 Å². The van der Waals surface area contributed by atoms with E-state index in [2.05, 4.69) is 25.1 Å². The molecule has 0 radical (unpaired) electrons. The lowest BCUT2D eigenvalue weighted by Gasteiger charge is -2.01. The molecule has 2 aromatic heterocycles. The second-order valence-electron chi connectivity index (χ2n) is 3.97. The smallest absolute Gasteiger partial charge is 0.258 e. The zero-order valence-electron chi connectivity index (χ0n) is 10.1. The Bertz CT molecular complexity index is 829. The molecule has 4 N–H and O–H groups in total. The van der Waals surface area contributed by atoms with E-state index in [9.17, 15) is 4.79 Å². The zero-order valence-corrected chi connectivity index (χ0v) is 11.6. The third-order valence-electron chi connectivity index (χ3n) is 2.54. The molecule has 0 unspecified atom stereocenters. The van der Waals surface area contributed by atoms with E-state index in [4.69, 9.17) is 17.3 Å². The lowest BCUT2D eigenvalue weighted by Crippen LogP contribution is -2.11. The fourth-order valence-electron chi connectivity index (χ4n) is 1.68. The number of rotatable bonds is 3. The largest absolute Gasteiger partial charge is 0.368 e. The topological polar surface area (TPSA) is 113 Å². The normalized spacial score (nSPS) is 11.1. The predicted molar refractivity (Wildman–Crippen MR) is 77.7 cm³/mol. The SMILES string of the molecule is Nc1nc(SCc2nc3ccc(Cl)cc3c(=O)[nH]2)n[nH]1. The summed E-state index contributed by atoms with van der Waals surface area (Å²) < 4.78 is 0. The van der Waals surface area contributed by atoms with Crippen LogP contribution in [0.15, 0.2) is 28.2 Å². The van der Waals surface area contributed by atoms with Gasteiger partial charge in [0.1, 0.15) is 5.82 Å². The third-order valence-corrected chi connectivity index (χ3v) is 3.63. The fourth-order valence-corrected chi connectivity index (χ4v) is 2.53. The first-order valence-electron chi connectivity index (χ1n) is 5.61. The highest BCUT2D eigenvalue weighted by molar-refractivity contribution is 7.98. The molecular formula is C11H9ClN6OS. The van der Waals surface area contributed by atoms with E-state index in [1.165, 1.54) is 11.8 Å². The van der Waals surface area contributed by atoms with Gasteiger partial charge in [-0.1, -0.05) is 23.4 Å². The summed E-state index contributed by atoms with van der Waals surface area (Å²) >= 11 is 7.18. The second-order valence-corrected chi connectivity index (χ2v) is 5.34.